The molecule has 0 saturated heterocycles. The predicted molar refractivity (Wildman–Crippen MR) is 84.1 cm³/mol. The van der Waals surface area contributed by atoms with E-state index in [9.17, 15) is 5.11 Å². The molecule has 0 bridgehead atoms. The third kappa shape index (κ3) is 3.31. The quantitative estimate of drug-likeness (QED) is 0.886. The Hall–Kier alpha value is -1.71. The first-order valence-electron chi connectivity index (χ1n) is 7.67. The van der Waals surface area contributed by atoms with Crippen molar-refractivity contribution in [1.82, 2.24) is 10.3 Å². The number of pyridine rings is 1. The Kier molecular flexibility index (Phi) is 4.32. The lowest BCUT2D eigenvalue weighted by molar-refractivity contribution is 0.170. The normalized spacial score (nSPS) is 16.5. The van der Waals surface area contributed by atoms with Crippen LogP contribution in [0.15, 0.2) is 42.7 Å². The average Bonchev–Trinajstić information content (AvgIpc) is 3.00. The first kappa shape index (κ1) is 14.2. The fourth-order valence-corrected chi connectivity index (χ4v) is 2.97. The maximum atomic E-state index is 10.2. The molecular weight excluding hydrogens is 260 g/mol. The lowest BCUT2D eigenvalue weighted by atomic mass is 10.0. The van der Waals surface area contributed by atoms with E-state index < -0.39 is 6.10 Å². The Morgan fingerprint density at radius 1 is 1.10 bits per heavy atom. The van der Waals surface area contributed by atoms with Crippen LogP contribution >= 0.6 is 0 Å². The van der Waals surface area contributed by atoms with Gasteiger partial charge in [0.05, 0.1) is 6.10 Å². The highest BCUT2D eigenvalue weighted by molar-refractivity contribution is 5.36. The minimum Gasteiger partial charge on any atom is -0.387 e. The lowest BCUT2D eigenvalue weighted by Gasteiger charge is -2.18. The van der Waals surface area contributed by atoms with Crippen molar-refractivity contribution in [1.29, 1.82) is 0 Å². The second-order valence-electron chi connectivity index (χ2n) is 5.81. The van der Waals surface area contributed by atoms with Crippen molar-refractivity contribution < 1.29 is 5.11 Å². The fraction of sp³-hybridized carbons (Fsp3) is 0.389. The Morgan fingerprint density at radius 2 is 1.86 bits per heavy atom. The molecule has 21 heavy (non-hydrogen) atoms. The second kappa shape index (κ2) is 6.37. The summed E-state index contributed by atoms with van der Waals surface area (Å²) in [5.41, 5.74) is 5.20. The van der Waals surface area contributed by atoms with E-state index >= 15 is 0 Å². The van der Waals surface area contributed by atoms with Gasteiger partial charge in [0.1, 0.15) is 0 Å². The zero-order valence-electron chi connectivity index (χ0n) is 12.4. The van der Waals surface area contributed by atoms with E-state index in [-0.39, 0.29) is 6.04 Å². The van der Waals surface area contributed by atoms with Crippen molar-refractivity contribution in [2.45, 2.75) is 38.3 Å². The summed E-state index contributed by atoms with van der Waals surface area (Å²) in [6.45, 7) is 2.69. The standard InChI is InChI=1S/C18H22N2O/c1-13(16-6-5-14-3-2-4-17(14)11-16)20-12-18(21)15-7-9-19-10-8-15/h5-11,13,18,20-21H,2-4,12H2,1H3. The van der Waals surface area contributed by atoms with E-state index in [0.29, 0.717) is 6.54 Å². The molecule has 3 heteroatoms. The largest absolute Gasteiger partial charge is 0.387 e. The van der Waals surface area contributed by atoms with Gasteiger partial charge in [-0.1, -0.05) is 18.2 Å². The molecule has 2 N–H and O–H groups in total. The summed E-state index contributed by atoms with van der Waals surface area (Å²) in [7, 11) is 0. The van der Waals surface area contributed by atoms with E-state index in [0.717, 1.165) is 5.56 Å². The third-order valence-corrected chi connectivity index (χ3v) is 4.33. The number of hydrogen-bond donors (Lipinski definition) is 2. The van der Waals surface area contributed by atoms with Gasteiger partial charge in [-0.25, -0.2) is 0 Å². The molecule has 0 fully saturated rings. The van der Waals surface area contributed by atoms with Gasteiger partial charge >= 0.3 is 0 Å². The van der Waals surface area contributed by atoms with Crippen molar-refractivity contribution in [2.75, 3.05) is 6.54 Å². The first-order valence-corrected chi connectivity index (χ1v) is 7.67. The highest BCUT2D eigenvalue weighted by atomic mass is 16.3. The number of nitrogens with zero attached hydrogens (tertiary/aromatic N) is 1. The lowest BCUT2D eigenvalue weighted by Crippen LogP contribution is -2.24. The zero-order chi connectivity index (χ0) is 14.7. The molecule has 0 radical (unpaired) electrons. The van der Waals surface area contributed by atoms with E-state index in [1.165, 1.54) is 36.0 Å². The Morgan fingerprint density at radius 3 is 2.67 bits per heavy atom. The smallest absolute Gasteiger partial charge is 0.0915 e. The molecule has 1 aromatic heterocycles. The molecule has 3 rings (SSSR count). The zero-order valence-corrected chi connectivity index (χ0v) is 12.4. The van der Waals surface area contributed by atoms with Crippen molar-refractivity contribution in [3.05, 3.63) is 65.0 Å². The van der Waals surface area contributed by atoms with Gasteiger partial charge in [0.15, 0.2) is 0 Å². The van der Waals surface area contributed by atoms with Crippen LogP contribution in [0.25, 0.3) is 0 Å². The van der Waals surface area contributed by atoms with Gasteiger partial charge in [-0.3, -0.25) is 4.98 Å². The van der Waals surface area contributed by atoms with E-state index in [1.807, 2.05) is 12.1 Å². The molecule has 1 aliphatic carbocycles. The maximum Gasteiger partial charge on any atom is 0.0915 e. The molecule has 2 atom stereocenters. The molecule has 2 unspecified atom stereocenters. The minimum absolute atomic E-state index is 0.243. The summed E-state index contributed by atoms with van der Waals surface area (Å²) < 4.78 is 0. The topological polar surface area (TPSA) is 45.1 Å². The van der Waals surface area contributed by atoms with Crippen LogP contribution in [0.4, 0.5) is 0 Å². The van der Waals surface area contributed by atoms with Gasteiger partial charge in [0.2, 0.25) is 0 Å². The predicted octanol–water partition coefficient (Wildman–Crippen LogP) is 2.95. The Bertz CT molecular complexity index is 597. The van der Waals surface area contributed by atoms with Crippen LogP contribution in [0.5, 0.6) is 0 Å². The number of aliphatic hydroxyl groups excluding tert-OH is 1. The van der Waals surface area contributed by atoms with Crippen LogP contribution in [-0.2, 0) is 12.8 Å². The monoisotopic (exact) mass is 282 g/mol. The average molecular weight is 282 g/mol. The van der Waals surface area contributed by atoms with Crippen LogP contribution in [-0.4, -0.2) is 16.6 Å². The second-order valence-corrected chi connectivity index (χ2v) is 5.81. The molecule has 0 aliphatic heterocycles. The number of rotatable bonds is 5. The van der Waals surface area contributed by atoms with Crippen LogP contribution < -0.4 is 5.32 Å². The summed E-state index contributed by atoms with van der Waals surface area (Å²) in [5.74, 6) is 0. The molecule has 0 amide bonds. The summed E-state index contributed by atoms with van der Waals surface area (Å²) >= 11 is 0. The molecule has 0 spiro atoms. The Balaban J connectivity index is 1.60. The van der Waals surface area contributed by atoms with Gasteiger partial charge in [-0.2, -0.15) is 0 Å². The van der Waals surface area contributed by atoms with Gasteiger partial charge in [-0.15, -0.1) is 0 Å². The molecule has 2 aromatic rings. The van der Waals surface area contributed by atoms with E-state index in [4.69, 9.17) is 0 Å². The number of fused-ring (bicyclic) bond motifs is 1. The van der Waals surface area contributed by atoms with E-state index in [2.05, 4.69) is 35.4 Å². The molecule has 1 aliphatic rings. The van der Waals surface area contributed by atoms with Crippen molar-refractivity contribution in [3.63, 3.8) is 0 Å². The molecule has 3 nitrogen and oxygen atoms in total. The van der Waals surface area contributed by atoms with Gasteiger partial charge in [0.25, 0.3) is 0 Å². The SMILES string of the molecule is CC(NCC(O)c1ccncc1)c1ccc2c(c1)CCC2. The number of aryl methyl sites for hydroxylation is 2. The van der Waals surface area contributed by atoms with Crippen LogP contribution in [0.1, 0.15) is 47.7 Å². The molecule has 1 heterocycles. The van der Waals surface area contributed by atoms with Gasteiger partial charge in [-0.05, 0) is 60.6 Å². The molecular formula is C18H22N2O. The summed E-state index contributed by atoms with van der Waals surface area (Å²) in [4.78, 5) is 3.97. The minimum atomic E-state index is -0.495. The van der Waals surface area contributed by atoms with Crippen LogP contribution in [0, 0.1) is 0 Å². The highest BCUT2D eigenvalue weighted by Crippen LogP contribution is 2.25. The van der Waals surface area contributed by atoms with Crippen LogP contribution in [0.3, 0.4) is 0 Å². The summed E-state index contributed by atoms with van der Waals surface area (Å²) in [6.07, 6.45) is 6.63. The number of nitrogens with one attached hydrogen (secondary N) is 1. The molecule has 110 valence electrons. The first-order chi connectivity index (χ1) is 10.2. The summed E-state index contributed by atoms with van der Waals surface area (Å²) in [6, 6.07) is 10.7. The fourth-order valence-electron chi connectivity index (χ4n) is 2.97. The van der Waals surface area contributed by atoms with Gasteiger partial charge in [0, 0.05) is 25.0 Å². The third-order valence-electron chi connectivity index (χ3n) is 4.33. The number of hydrogen-bond acceptors (Lipinski definition) is 3. The number of aromatic nitrogens is 1. The number of aliphatic hydroxyl groups is 1. The summed E-state index contributed by atoms with van der Waals surface area (Å²) in [5, 5.41) is 13.6. The van der Waals surface area contributed by atoms with Crippen molar-refractivity contribution in [3.8, 4) is 0 Å². The van der Waals surface area contributed by atoms with E-state index in [1.54, 1.807) is 12.4 Å². The van der Waals surface area contributed by atoms with Crippen molar-refractivity contribution in [2.24, 2.45) is 0 Å². The highest BCUT2D eigenvalue weighted by Gasteiger charge is 2.14. The van der Waals surface area contributed by atoms with Crippen molar-refractivity contribution >= 4 is 0 Å². The van der Waals surface area contributed by atoms with Crippen LogP contribution in [0.2, 0.25) is 0 Å². The Labute approximate surface area is 126 Å². The maximum absolute atomic E-state index is 10.2. The molecule has 0 saturated carbocycles. The number of benzene rings is 1. The van der Waals surface area contributed by atoms with Gasteiger partial charge < -0.3 is 10.4 Å². The molecule has 1 aromatic carbocycles.